The lowest BCUT2D eigenvalue weighted by Crippen LogP contribution is -2.28. The number of aromatic carboxylic acids is 1. The second-order valence-electron chi connectivity index (χ2n) is 9.58. The summed E-state index contributed by atoms with van der Waals surface area (Å²) in [4.78, 5) is 54.7. The molecule has 2 N–H and O–H groups in total. The Balaban J connectivity index is 2.01. The van der Waals surface area contributed by atoms with Crippen LogP contribution in [0.25, 0.3) is 17.2 Å². The number of hydrogen-bond acceptors (Lipinski definition) is 8. The van der Waals surface area contributed by atoms with Gasteiger partial charge in [0.15, 0.2) is 5.69 Å². The molecule has 2 aromatic rings. The van der Waals surface area contributed by atoms with Crippen molar-refractivity contribution in [1.29, 1.82) is 0 Å². The number of carbonyl (C=O) groups excluding carboxylic acids is 3. The highest BCUT2D eigenvalue weighted by Gasteiger charge is 2.27. The van der Waals surface area contributed by atoms with E-state index in [1.807, 2.05) is 13.8 Å². The number of benzene rings is 1. The summed E-state index contributed by atoms with van der Waals surface area (Å²) in [5.41, 5.74) is 0.169. The molecular weight excluding hydrogens is 504 g/mol. The molecule has 1 fully saturated rings. The van der Waals surface area contributed by atoms with Crippen molar-refractivity contribution in [3.8, 4) is 16.9 Å². The van der Waals surface area contributed by atoms with Crippen molar-refractivity contribution in [2.75, 3.05) is 13.7 Å². The third-order valence-corrected chi connectivity index (χ3v) is 6.46. The molecule has 0 saturated heterocycles. The number of amides is 1. The number of rotatable bonds is 13. The van der Waals surface area contributed by atoms with Gasteiger partial charge in [-0.15, -0.1) is 0 Å². The number of carboxylic acids is 1. The van der Waals surface area contributed by atoms with E-state index >= 15 is 0 Å². The molecule has 2 atom stereocenters. The van der Waals surface area contributed by atoms with E-state index in [1.165, 1.54) is 44.4 Å². The van der Waals surface area contributed by atoms with Crippen LogP contribution in [-0.4, -0.2) is 53.9 Å². The average Bonchev–Trinajstić information content (AvgIpc) is 3.74. The molecule has 0 spiro atoms. The molecule has 1 unspecified atom stereocenters. The van der Waals surface area contributed by atoms with E-state index in [9.17, 15) is 24.3 Å². The van der Waals surface area contributed by atoms with E-state index in [0.29, 0.717) is 23.8 Å². The predicted octanol–water partition coefficient (Wildman–Crippen LogP) is 4.72. The van der Waals surface area contributed by atoms with Crippen molar-refractivity contribution in [2.45, 2.75) is 52.7 Å². The summed E-state index contributed by atoms with van der Waals surface area (Å²) in [7, 11) is 1.42. The monoisotopic (exact) mass is 538 g/mol. The van der Waals surface area contributed by atoms with Crippen LogP contribution < -0.4 is 10.1 Å². The van der Waals surface area contributed by atoms with Crippen molar-refractivity contribution in [3.05, 3.63) is 53.4 Å². The van der Waals surface area contributed by atoms with Gasteiger partial charge < -0.3 is 24.6 Å². The highest BCUT2D eigenvalue weighted by atomic mass is 16.7. The number of nitrogens with zero attached hydrogens (tertiary/aromatic N) is 1. The lowest BCUT2D eigenvalue weighted by atomic mass is 9.95. The molecule has 0 aliphatic heterocycles. The third-order valence-electron chi connectivity index (χ3n) is 6.46. The summed E-state index contributed by atoms with van der Waals surface area (Å²) in [6.45, 7) is 9.43. The fraction of sp³-hybridized carbons (Fsp3) is 0.414. The molecule has 10 heteroatoms. The molecule has 39 heavy (non-hydrogen) atoms. The van der Waals surface area contributed by atoms with Gasteiger partial charge in [-0.25, -0.2) is 14.6 Å². The third kappa shape index (κ3) is 7.66. The molecule has 208 valence electrons. The van der Waals surface area contributed by atoms with Crippen LogP contribution in [0.5, 0.6) is 5.75 Å². The number of carboxylic acid groups (broad SMARTS) is 1. The summed E-state index contributed by atoms with van der Waals surface area (Å²) < 4.78 is 16.0. The molecule has 1 aromatic carbocycles. The van der Waals surface area contributed by atoms with Crippen molar-refractivity contribution in [2.24, 2.45) is 11.8 Å². The molecule has 1 aliphatic rings. The quantitative estimate of drug-likeness (QED) is 0.274. The molecule has 0 bridgehead atoms. The van der Waals surface area contributed by atoms with Crippen LogP contribution in [0, 0.1) is 11.8 Å². The Morgan fingerprint density at radius 2 is 1.87 bits per heavy atom. The Kier molecular flexibility index (Phi) is 9.81. The number of ether oxygens (including phenoxy) is 3. The smallest absolute Gasteiger partial charge is 0.360 e. The molecule has 3 rings (SSSR count). The van der Waals surface area contributed by atoms with E-state index in [2.05, 4.69) is 16.9 Å². The van der Waals surface area contributed by atoms with Crippen LogP contribution >= 0.6 is 0 Å². The molecule has 1 aliphatic carbocycles. The van der Waals surface area contributed by atoms with Crippen molar-refractivity contribution >= 4 is 29.9 Å². The van der Waals surface area contributed by atoms with Gasteiger partial charge in [-0.05, 0) is 48.9 Å². The number of pyridine rings is 1. The van der Waals surface area contributed by atoms with Gasteiger partial charge >= 0.3 is 17.9 Å². The highest BCUT2D eigenvalue weighted by molar-refractivity contribution is 6.04. The number of esters is 2. The van der Waals surface area contributed by atoms with Gasteiger partial charge in [0.1, 0.15) is 11.4 Å². The molecule has 0 radical (unpaired) electrons. The highest BCUT2D eigenvalue weighted by Crippen LogP contribution is 2.34. The zero-order valence-electron chi connectivity index (χ0n) is 22.6. The van der Waals surface area contributed by atoms with Crippen LogP contribution in [0.3, 0.4) is 0 Å². The SMILES string of the molecule is C=Cc1cc(C(=O)O)c(-c2ccc(C(=O)NCC3CC3)nc2C(=O)OC(C)OC(=O)C[C@@H](C)CC)cc1OC. The van der Waals surface area contributed by atoms with E-state index in [1.54, 1.807) is 0 Å². The second-order valence-corrected chi connectivity index (χ2v) is 9.58. The summed E-state index contributed by atoms with van der Waals surface area (Å²) in [5.74, 6) is -2.40. The molecule has 1 amide bonds. The Labute approximate surface area is 227 Å². The van der Waals surface area contributed by atoms with Crippen LogP contribution in [0.2, 0.25) is 0 Å². The van der Waals surface area contributed by atoms with E-state index in [0.717, 1.165) is 19.3 Å². The largest absolute Gasteiger partial charge is 0.496 e. The fourth-order valence-corrected chi connectivity index (χ4v) is 3.83. The van der Waals surface area contributed by atoms with Crippen molar-refractivity contribution in [1.82, 2.24) is 10.3 Å². The Morgan fingerprint density at radius 1 is 1.15 bits per heavy atom. The van der Waals surface area contributed by atoms with E-state index in [-0.39, 0.29) is 40.4 Å². The number of methoxy groups -OCH3 is 1. The topological polar surface area (TPSA) is 141 Å². The van der Waals surface area contributed by atoms with Crippen LogP contribution in [-0.2, 0) is 14.3 Å². The van der Waals surface area contributed by atoms with Crippen LogP contribution in [0.15, 0.2) is 30.8 Å². The maximum Gasteiger partial charge on any atom is 0.360 e. The lowest BCUT2D eigenvalue weighted by molar-refractivity contribution is -0.166. The Bertz CT molecular complexity index is 1270. The van der Waals surface area contributed by atoms with Gasteiger partial charge in [0, 0.05) is 36.6 Å². The summed E-state index contributed by atoms with van der Waals surface area (Å²) >= 11 is 0. The van der Waals surface area contributed by atoms with Crippen LogP contribution in [0.4, 0.5) is 0 Å². The van der Waals surface area contributed by atoms with Gasteiger partial charge in [0.2, 0.25) is 6.29 Å². The zero-order valence-corrected chi connectivity index (χ0v) is 22.6. The number of nitrogens with one attached hydrogen (secondary N) is 1. The first-order chi connectivity index (χ1) is 18.6. The number of carbonyl (C=O) groups is 4. The summed E-state index contributed by atoms with van der Waals surface area (Å²) in [6, 6.07) is 5.67. The minimum Gasteiger partial charge on any atom is -0.496 e. The first-order valence-electron chi connectivity index (χ1n) is 12.9. The van der Waals surface area contributed by atoms with E-state index in [4.69, 9.17) is 14.2 Å². The average molecular weight is 539 g/mol. The lowest BCUT2D eigenvalue weighted by Gasteiger charge is -2.18. The Hall–Kier alpha value is -4.21. The fourth-order valence-electron chi connectivity index (χ4n) is 3.83. The maximum atomic E-state index is 13.3. The first-order valence-corrected chi connectivity index (χ1v) is 12.9. The molecule has 1 heterocycles. The number of hydrogen-bond donors (Lipinski definition) is 2. The minimum absolute atomic E-state index is 0.0423. The van der Waals surface area contributed by atoms with E-state index < -0.39 is 30.1 Å². The van der Waals surface area contributed by atoms with Gasteiger partial charge in [-0.3, -0.25) is 9.59 Å². The van der Waals surface area contributed by atoms with Crippen molar-refractivity contribution < 1.29 is 38.5 Å². The van der Waals surface area contributed by atoms with Gasteiger partial charge in [0.25, 0.3) is 5.91 Å². The van der Waals surface area contributed by atoms with Gasteiger partial charge in [-0.2, -0.15) is 0 Å². The first kappa shape index (κ1) is 29.3. The Morgan fingerprint density at radius 3 is 2.46 bits per heavy atom. The predicted molar refractivity (Wildman–Crippen MR) is 143 cm³/mol. The minimum atomic E-state index is -1.26. The zero-order chi connectivity index (χ0) is 28.7. The van der Waals surface area contributed by atoms with Gasteiger partial charge in [-0.1, -0.05) is 32.9 Å². The molecular formula is C29H34N2O8. The molecule has 1 saturated carbocycles. The standard InChI is InChI=1S/C29H34N2O8/c1-6-16(3)12-25(32)38-17(4)39-29(36)26-20(10-11-23(31-26)27(33)30-15-18-8-9-18)21-14-24(37-5)19(7-2)13-22(21)28(34)35/h7,10-11,13-14,16-18H,2,6,8-9,12,15H2,1,3-5H3,(H,30,33)(H,34,35)/t16-,17?/m0/s1. The normalized spacial score (nSPS) is 14.1. The number of aromatic nitrogens is 1. The van der Waals surface area contributed by atoms with Gasteiger partial charge in [0.05, 0.1) is 12.7 Å². The molecule has 1 aromatic heterocycles. The maximum absolute atomic E-state index is 13.3. The van der Waals surface area contributed by atoms with Crippen molar-refractivity contribution in [3.63, 3.8) is 0 Å². The molecule has 10 nitrogen and oxygen atoms in total. The summed E-state index contributed by atoms with van der Waals surface area (Å²) in [5, 5.41) is 12.7. The summed E-state index contributed by atoms with van der Waals surface area (Å²) in [6.07, 6.45) is 3.23. The van der Waals surface area contributed by atoms with Crippen LogP contribution in [0.1, 0.15) is 83.4 Å². The second kappa shape index (κ2) is 13.0.